The van der Waals surface area contributed by atoms with Gasteiger partial charge < -0.3 is 0 Å². The molecule has 2 aromatic carbocycles. The van der Waals surface area contributed by atoms with Crippen molar-refractivity contribution in [2.75, 3.05) is 5.32 Å². The third kappa shape index (κ3) is 3.81. The van der Waals surface area contributed by atoms with Gasteiger partial charge in [0.1, 0.15) is 0 Å². The summed E-state index contributed by atoms with van der Waals surface area (Å²) in [6.45, 7) is 1.87. The average Bonchev–Trinajstić information content (AvgIpc) is 3.05. The number of rotatable bonds is 4. The highest BCUT2D eigenvalue weighted by Crippen LogP contribution is 2.20. The number of aromatic nitrogens is 2. The molecule has 3 rings (SSSR count). The molecule has 1 heterocycles. The second-order valence-electron chi connectivity index (χ2n) is 5.23. The van der Waals surface area contributed by atoms with Gasteiger partial charge in [-0.1, -0.05) is 23.0 Å². The maximum Gasteiger partial charge on any atom is 0.437 e. The number of amides is 1. The highest BCUT2D eigenvalue weighted by molar-refractivity contribution is 5.85. The van der Waals surface area contributed by atoms with Crippen molar-refractivity contribution in [1.82, 2.24) is 9.94 Å². The van der Waals surface area contributed by atoms with Crippen LogP contribution in [0.2, 0.25) is 0 Å². The molecule has 1 aromatic heterocycles. The van der Waals surface area contributed by atoms with Crippen molar-refractivity contribution in [2.24, 2.45) is 0 Å². The van der Waals surface area contributed by atoms with Crippen molar-refractivity contribution in [2.45, 2.75) is 6.92 Å². The molecular weight excluding hydrogens is 324 g/mol. The lowest BCUT2D eigenvalue weighted by molar-refractivity contribution is -0.384. The normalized spacial score (nSPS) is 10.3. The maximum atomic E-state index is 11.9. The molecule has 0 saturated heterocycles. The van der Waals surface area contributed by atoms with Gasteiger partial charge >= 0.3 is 6.09 Å². The van der Waals surface area contributed by atoms with Gasteiger partial charge in [-0.25, -0.2) is 4.79 Å². The molecule has 0 aliphatic rings. The van der Waals surface area contributed by atoms with Gasteiger partial charge in [-0.2, -0.15) is 0 Å². The number of aryl methyl sites for hydroxylation is 1. The van der Waals surface area contributed by atoms with Crippen LogP contribution in [-0.2, 0) is 0 Å². The van der Waals surface area contributed by atoms with E-state index in [0.717, 1.165) is 10.4 Å². The van der Waals surface area contributed by atoms with Crippen molar-refractivity contribution >= 4 is 17.5 Å². The summed E-state index contributed by atoms with van der Waals surface area (Å²) in [6, 6.07) is 14.9. The lowest BCUT2D eigenvalue weighted by atomic mass is 10.1. The van der Waals surface area contributed by atoms with Crippen molar-refractivity contribution < 1.29 is 14.6 Å². The van der Waals surface area contributed by atoms with Crippen LogP contribution in [0.1, 0.15) is 5.56 Å². The number of hydrogen-bond acceptors (Lipinski definition) is 5. The van der Waals surface area contributed by atoms with E-state index < -0.39 is 11.0 Å². The first kappa shape index (κ1) is 16.2. The third-order valence-corrected chi connectivity index (χ3v) is 3.50. The monoisotopic (exact) mass is 338 g/mol. The zero-order valence-corrected chi connectivity index (χ0v) is 13.2. The van der Waals surface area contributed by atoms with Crippen LogP contribution in [0.4, 0.5) is 16.2 Å². The van der Waals surface area contributed by atoms with E-state index in [2.05, 4.69) is 10.4 Å². The summed E-state index contributed by atoms with van der Waals surface area (Å²) >= 11 is 0. The summed E-state index contributed by atoms with van der Waals surface area (Å²) in [5.41, 5.74) is 2.75. The van der Waals surface area contributed by atoms with E-state index in [1.807, 2.05) is 25.1 Å². The van der Waals surface area contributed by atoms with E-state index in [1.165, 1.54) is 18.3 Å². The Labute approximate surface area is 142 Å². The molecule has 1 N–H and O–H groups in total. The Bertz CT molecular complexity index is 918. The SMILES string of the molecule is Cc1ccccc1NC(=O)On1ccc(-c2ccc([N+](=O)[O-])cc2)n1. The number of para-hydroxylation sites is 1. The molecule has 3 aromatic rings. The van der Waals surface area contributed by atoms with Crippen LogP contribution < -0.4 is 10.2 Å². The molecule has 0 bridgehead atoms. The summed E-state index contributed by atoms with van der Waals surface area (Å²) in [5, 5.41) is 17.4. The molecule has 8 heteroatoms. The topological polar surface area (TPSA) is 99.3 Å². The van der Waals surface area contributed by atoms with Crippen LogP contribution in [0.5, 0.6) is 0 Å². The zero-order chi connectivity index (χ0) is 17.8. The van der Waals surface area contributed by atoms with Crippen LogP contribution in [0, 0.1) is 17.0 Å². The first-order valence-electron chi connectivity index (χ1n) is 7.38. The molecule has 126 valence electrons. The Hall–Kier alpha value is -3.68. The van der Waals surface area contributed by atoms with E-state index in [0.29, 0.717) is 16.9 Å². The Morgan fingerprint density at radius 1 is 1.16 bits per heavy atom. The number of carbonyl (C=O) groups excluding carboxylic acids is 1. The molecule has 8 nitrogen and oxygen atoms in total. The van der Waals surface area contributed by atoms with Crippen LogP contribution in [-0.4, -0.2) is 21.0 Å². The Balaban J connectivity index is 1.68. The summed E-state index contributed by atoms with van der Waals surface area (Å²) in [4.78, 5) is 28.2. The number of nitrogens with one attached hydrogen (secondary N) is 1. The van der Waals surface area contributed by atoms with Gasteiger partial charge in [0.2, 0.25) is 0 Å². The highest BCUT2D eigenvalue weighted by atomic mass is 16.7. The summed E-state index contributed by atoms with van der Waals surface area (Å²) in [5.74, 6) is 0. The van der Waals surface area contributed by atoms with Crippen molar-refractivity contribution in [1.29, 1.82) is 0 Å². The number of anilines is 1. The Morgan fingerprint density at radius 3 is 2.56 bits per heavy atom. The molecule has 0 atom stereocenters. The van der Waals surface area contributed by atoms with E-state index in [9.17, 15) is 14.9 Å². The number of nitro groups is 1. The van der Waals surface area contributed by atoms with E-state index in [-0.39, 0.29) is 5.69 Å². The fourth-order valence-corrected chi connectivity index (χ4v) is 2.20. The summed E-state index contributed by atoms with van der Waals surface area (Å²) < 4.78 is 0. The molecule has 0 radical (unpaired) electrons. The average molecular weight is 338 g/mol. The smallest absolute Gasteiger partial charge is 0.299 e. The number of carbonyl (C=O) groups is 1. The minimum Gasteiger partial charge on any atom is -0.299 e. The molecule has 0 fully saturated rings. The molecule has 0 aliphatic carbocycles. The van der Waals surface area contributed by atoms with Crippen molar-refractivity contribution in [3.63, 3.8) is 0 Å². The van der Waals surface area contributed by atoms with Crippen LogP contribution in [0.3, 0.4) is 0 Å². The second kappa shape index (κ2) is 6.83. The molecule has 0 spiro atoms. The molecular formula is C17H14N4O4. The first-order chi connectivity index (χ1) is 12.0. The minimum atomic E-state index is -0.673. The first-order valence-corrected chi connectivity index (χ1v) is 7.38. The molecule has 25 heavy (non-hydrogen) atoms. The van der Waals surface area contributed by atoms with Crippen molar-refractivity contribution in [3.8, 4) is 11.3 Å². The van der Waals surface area contributed by atoms with Gasteiger partial charge in [0, 0.05) is 23.4 Å². The lowest BCUT2D eigenvalue weighted by Crippen LogP contribution is -2.25. The van der Waals surface area contributed by atoms with E-state index >= 15 is 0 Å². The standard InChI is InChI=1S/C17H14N4O4/c1-12-4-2-3-5-15(12)18-17(22)25-20-11-10-16(19-20)13-6-8-14(9-7-13)21(23)24/h2-11H,1H3,(H,18,22). The number of nitro benzene ring substituents is 1. The number of nitrogens with zero attached hydrogens (tertiary/aromatic N) is 3. The van der Waals surface area contributed by atoms with Gasteiger partial charge in [-0.05, 0) is 36.8 Å². The van der Waals surface area contributed by atoms with Gasteiger partial charge in [-0.15, -0.1) is 5.10 Å². The second-order valence-corrected chi connectivity index (χ2v) is 5.23. The summed E-state index contributed by atoms with van der Waals surface area (Å²) in [7, 11) is 0. The van der Waals surface area contributed by atoms with Gasteiger partial charge in [-0.3, -0.25) is 20.3 Å². The van der Waals surface area contributed by atoms with Crippen molar-refractivity contribution in [3.05, 3.63) is 76.5 Å². The zero-order valence-electron chi connectivity index (χ0n) is 13.2. The van der Waals surface area contributed by atoms with Gasteiger partial charge in [0.25, 0.3) is 5.69 Å². The number of benzene rings is 2. The Morgan fingerprint density at radius 2 is 1.88 bits per heavy atom. The number of non-ortho nitro benzene ring substituents is 1. The largest absolute Gasteiger partial charge is 0.437 e. The van der Waals surface area contributed by atoms with Crippen LogP contribution >= 0.6 is 0 Å². The third-order valence-electron chi connectivity index (χ3n) is 3.50. The predicted molar refractivity (Wildman–Crippen MR) is 91.1 cm³/mol. The molecule has 0 aliphatic heterocycles. The van der Waals surface area contributed by atoms with Crippen LogP contribution in [0.15, 0.2) is 60.8 Å². The quantitative estimate of drug-likeness (QED) is 0.580. The van der Waals surface area contributed by atoms with E-state index in [1.54, 1.807) is 24.3 Å². The van der Waals surface area contributed by atoms with Crippen LogP contribution in [0.25, 0.3) is 11.3 Å². The molecule has 0 unspecified atom stereocenters. The lowest BCUT2D eigenvalue weighted by Gasteiger charge is -2.07. The predicted octanol–water partition coefficient (Wildman–Crippen LogP) is 3.43. The van der Waals surface area contributed by atoms with Gasteiger partial charge in [0.15, 0.2) is 0 Å². The Kier molecular flexibility index (Phi) is 4.42. The summed E-state index contributed by atoms with van der Waals surface area (Å²) in [6.07, 6.45) is 0.807. The fraction of sp³-hybridized carbons (Fsp3) is 0.0588. The van der Waals surface area contributed by atoms with Gasteiger partial charge in [0.05, 0.1) is 16.8 Å². The number of hydrogen-bond donors (Lipinski definition) is 1. The highest BCUT2D eigenvalue weighted by Gasteiger charge is 2.10. The van der Waals surface area contributed by atoms with E-state index in [4.69, 9.17) is 4.84 Å². The fourth-order valence-electron chi connectivity index (χ4n) is 2.20. The molecule has 0 saturated carbocycles. The minimum absolute atomic E-state index is 0.00274. The molecule has 1 amide bonds. The maximum absolute atomic E-state index is 11.9.